The van der Waals surface area contributed by atoms with Crippen molar-refractivity contribution in [2.45, 2.75) is 52.0 Å². The summed E-state index contributed by atoms with van der Waals surface area (Å²) in [7, 11) is 0. The third kappa shape index (κ3) is 6.23. The quantitative estimate of drug-likeness (QED) is 0.677. The number of aliphatic hydroxyl groups excluding tert-OH is 1. The molecule has 1 saturated carbocycles. The van der Waals surface area contributed by atoms with Gasteiger partial charge in [0.2, 0.25) is 0 Å². The van der Waals surface area contributed by atoms with Gasteiger partial charge in [0.1, 0.15) is 0 Å². The first-order valence-corrected chi connectivity index (χ1v) is 8.94. The Bertz CT molecular complexity index is 296. The first-order chi connectivity index (χ1) is 10.1. The van der Waals surface area contributed by atoms with Gasteiger partial charge in [-0.15, -0.1) is 0 Å². The zero-order chi connectivity index (χ0) is 15.1. The Balaban J connectivity index is 1.80. The van der Waals surface area contributed by atoms with Gasteiger partial charge in [-0.25, -0.2) is 0 Å². The van der Waals surface area contributed by atoms with E-state index in [2.05, 4.69) is 29.0 Å². The van der Waals surface area contributed by atoms with E-state index in [1.807, 2.05) is 0 Å². The predicted molar refractivity (Wildman–Crippen MR) is 88.6 cm³/mol. The van der Waals surface area contributed by atoms with Crippen LogP contribution in [-0.2, 0) is 0 Å². The van der Waals surface area contributed by atoms with Gasteiger partial charge in [0.25, 0.3) is 0 Å². The summed E-state index contributed by atoms with van der Waals surface area (Å²) in [6.07, 6.45) is 6.57. The number of β-amino-alcohol motifs (C(OH)–C–C–N with tert-alkyl or cyclic N) is 1. The Morgan fingerprint density at radius 3 is 2.52 bits per heavy atom. The lowest BCUT2D eigenvalue weighted by Gasteiger charge is -2.35. The Morgan fingerprint density at radius 2 is 1.86 bits per heavy atom. The smallest absolute Gasteiger partial charge is 0.0558 e. The fourth-order valence-electron chi connectivity index (χ4n) is 3.59. The molecule has 4 nitrogen and oxygen atoms in total. The van der Waals surface area contributed by atoms with Gasteiger partial charge in [-0.05, 0) is 44.2 Å². The molecule has 1 aliphatic heterocycles. The maximum absolute atomic E-state index is 9.10. The average Bonchev–Trinajstić information content (AvgIpc) is 3.26. The Labute approximate surface area is 130 Å². The van der Waals surface area contributed by atoms with E-state index in [-0.39, 0.29) is 0 Å². The molecular formula is C17H35N3O. The Kier molecular flexibility index (Phi) is 6.93. The van der Waals surface area contributed by atoms with E-state index in [0.29, 0.717) is 12.0 Å². The van der Waals surface area contributed by atoms with Gasteiger partial charge in [0.15, 0.2) is 0 Å². The van der Waals surface area contributed by atoms with Gasteiger partial charge < -0.3 is 15.3 Å². The van der Waals surface area contributed by atoms with Crippen molar-refractivity contribution in [1.29, 1.82) is 0 Å². The molecule has 0 aromatic carbocycles. The van der Waals surface area contributed by atoms with E-state index in [9.17, 15) is 0 Å². The second-order valence-corrected chi connectivity index (χ2v) is 7.41. The molecule has 4 heteroatoms. The molecule has 0 bridgehead atoms. The standard InChI is InChI=1S/C17H35N3O/c1-3-7-17(2,14-18-16-5-6-16)15-20-9-4-8-19(10-11-20)12-13-21/h16,18,21H,3-15H2,1-2H3. The molecule has 124 valence electrons. The summed E-state index contributed by atoms with van der Waals surface area (Å²) >= 11 is 0. The van der Waals surface area contributed by atoms with Crippen molar-refractivity contribution in [3.05, 3.63) is 0 Å². The summed E-state index contributed by atoms with van der Waals surface area (Å²) in [5, 5.41) is 12.8. The number of rotatable bonds is 9. The summed E-state index contributed by atoms with van der Waals surface area (Å²) < 4.78 is 0. The van der Waals surface area contributed by atoms with Gasteiger partial charge in [0, 0.05) is 38.8 Å². The monoisotopic (exact) mass is 297 g/mol. The minimum Gasteiger partial charge on any atom is -0.395 e. The number of aliphatic hydroxyl groups is 1. The van der Waals surface area contributed by atoms with E-state index >= 15 is 0 Å². The highest BCUT2D eigenvalue weighted by Crippen LogP contribution is 2.27. The van der Waals surface area contributed by atoms with E-state index in [1.54, 1.807) is 0 Å². The fourth-order valence-corrected chi connectivity index (χ4v) is 3.59. The largest absolute Gasteiger partial charge is 0.395 e. The topological polar surface area (TPSA) is 38.7 Å². The van der Waals surface area contributed by atoms with Crippen LogP contribution in [0.5, 0.6) is 0 Å². The zero-order valence-electron chi connectivity index (χ0n) is 14.1. The number of hydrogen-bond acceptors (Lipinski definition) is 4. The van der Waals surface area contributed by atoms with E-state index < -0.39 is 0 Å². The van der Waals surface area contributed by atoms with Crippen LogP contribution >= 0.6 is 0 Å². The maximum Gasteiger partial charge on any atom is 0.0558 e. The first-order valence-electron chi connectivity index (χ1n) is 8.94. The lowest BCUT2D eigenvalue weighted by Crippen LogP contribution is -2.44. The van der Waals surface area contributed by atoms with Crippen LogP contribution in [0.3, 0.4) is 0 Å². The van der Waals surface area contributed by atoms with Crippen LogP contribution in [0.25, 0.3) is 0 Å². The number of nitrogens with zero attached hydrogens (tertiary/aromatic N) is 2. The van der Waals surface area contributed by atoms with Gasteiger partial charge in [0.05, 0.1) is 6.61 Å². The molecular weight excluding hydrogens is 262 g/mol. The molecule has 2 fully saturated rings. The number of hydrogen-bond donors (Lipinski definition) is 2. The van der Waals surface area contributed by atoms with Crippen LogP contribution in [0.4, 0.5) is 0 Å². The first kappa shape index (κ1) is 17.2. The minimum atomic E-state index is 0.291. The molecule has 1 unspecified atom stereocenters. The highest BCUT2D eigenvalue weighted by atomic mass is 16.3. The van der Waals surface area contributed by atoms with Crippen molar-refractivity contribution in [2.75, 3.05) is 52.4 Å². The van der Waals surface area contributed by atoms with Crippen molar-refractivity contribution in [3.8, 4) is 0 Å². The summed E-state index contributed by atoms with van der Waals surface area (Å²) in [5.74, 6) is 0. The maximum atomic E-state index is 9.10. The average molecular weight is 297 g/mol. The van der Waals surface area contributed by atoms with E-state index in [1.165, 1.54) is 51.7 Å². The van der Waals surface area contributed by atoms with Crippen molar-refractivity contribution in [1.82, 2.24) is 15.1 Å². The Hall–Kier alpha value is -0.160. The Morgan fingerprint density at radius 1 is 1.14 bits per heavy atom. The third-order valence-corrected chi connectivity index (χ3v) is 4.95. The molecule has 2 N–H and O–H groups in total. The lowest BCUT2D eigenvalue weighted by atomic mass is 9.84. The van der Waals surface area contributed by atoms with Crippen molar-refractivity contribution in [2.24, 2.45) is 5.41 Å². The summed E-state index contributed by atoms with van der Waals surface area (Å²) in [6.45, 7) is 12.9. The minimum absolute atomic E-state index is 0.291. The van der Waals surface area contributed by atoms with Crippen LogP contribution in [0, 0.1) is 5.41 Å². The molecule has 1 atom stereocenters. The highest BCUT2D eigenvalue weighted by molar-refractivity contribution is 4.87. The molecule has 0 aromatic rings. The summed E-state index contributed by atoms with van der Waals surface area (Å²) in [4.78, 5) is 5.06. The zero-order valence-corrected chi connectivity index (χ0v) is 14.1. The molecule has 0 aromatic heterocycles. The van der Waals surface area contributed by atoms with Crippen LogP contribution in [0.2, 0.25) is 0 Å². The fraction of sp³-hybridized carbons (Fsp3) is 1.00. The van der Waals surface area contributed by atoms with E-state index in [0.717, 1.165) is 32.2 Å². The SMILES string of the molecule is CCCC(C)(CNC1CC1)CN1CCCN(CCO)CC1. The molecule has 0 radical (unpaired) electrons. The predicted octanol–water partition coefficient (Wildman–Crippen LogP) is 1.54. The summed E-state index contributed by atoms with van der Waals surface area (Å²) in [6, 6.07) is 0.811. The third-order valence-electron chi connectivity index (χ3n) is 4.95. The molecule has 2 rings (SSSR count). The highest BCUT2D eigenvalue weighted by Gasteiger charge is 2.30. The lowest BCUT2D eigenvalue weighted by molar-refractivity contribution is 0.148. The molecule has 21 heavy (non-hydrogen) atoms. The number of nitrogens with one attached hydrogen (secondary N) is 1. The van der Waals surface area contributed by atoms with Gasteiger partial charge in [-0.3, -0.25) is 4.90 Å². The molecule has 1 saturated heterocycles. The second-order valence-electron chi connectivity index (χ2n) is 7.41. The van der Waals surface area contributed by atoms with Crippen molar-refractivity contribution in [3.63, 3.8) is 0 Å². The van der Waals surface area contributed by atoms with Gasteiger partial charge >= 0.3 is 0 Å². The van der Waals surface area contributed by atoms with Crippen LogP contribution in [-0.4, -0.2) is 73.4 Å². The van der Waals surface area contributed by atoms with E-state index in [4.69, 9.17) is 5.11 Å². The second kappa shape index (κ2) is 8.47. The van der Waals surface area contributed by atoms with Crippen LogP contribution in [0.1, 0.15) is 46.0 Å². The normalized spacial score (nSPS) is 24.7. The molecule has 0 amide bonds. The van der Waals surface area contributed by atoms with Gasteiger partial charge in [-0.1, -0.05) is 20.3 Å². The summed E-state index contributed by atoms with van der Waals surface area (Å²) in [5.41, 5.74) is 0.406. The molecule has 1 heterocycles. The van der Waals surface area contributed by atoms with Crippen LogP contribution in [0.15, 0.2) is 0 Å². The van der Waals surface area contributed by atoms with Gasteiger partial charge in [-0.2, -0.15) is 0 Å². The van der Waals surface area contributed by atoms with Crippen LogP contribution < -0.4 is 5.32 Å². The molecule has 2 aliphatic rings. The molecule has 1 aliphatic carbocycles. The molecule has 0 spiro atoms. The van der Waals surface area contributed by atoms with Crippen molar-refractivity contribution >= 4 is 0 Å². The van der Waals surface area contributed by atoms with Crippen molar-refractivity contribution < 1.29 is 5.11 Å².